The van der Waals surface area contributed by atoms with Crippen molar-refractivity contribution in [2.45, 2.75) is 32.4 Å². The minimum absolute atomic E-state index is 0.105. The third-order valence-electron chi connectivity index (χ3n) is 6.37. The number of carbonyl (C=O) groups is 3. The Kier molecular flexibility index (Phi) is 5.31. The van der Waals surface area contributed by atoms with Crippen molar-refractivity contribution in [3.63, 3.8) is 0 Å². The third-order valence-corrected chi connectivity index (χ3v) is 6.37. The first-order valence-electron chi connectivity index (χ1n) is 10.2. The second-order valence-corrected chi connectivity index (χ2v) is 8.12. The average Bonchev–Trinajstić information content (AvgIpc) is 2.99. The molecule has 0 unspecified atom stereocenters. The number of imide groups is 1. The van der Waals surface area contributed by atoms with E-state index in [-0.39, 0.29) is 29.6 Å². The van der Waals surface area contributed by atoms with Gasteiger partial charge in [0, 0.05) is 5.56 Å². The molecule has 0 radical (unpaired) electrons. The number of hydrogen-bond acceptors (Lipinski definition) is 3. The highest BCUT2D eigenvalue weighted by molar-refractivity contribution is 6.08. The highest BCUT2D eigenvalue weighted by Gasteiger charge is 2.50. The molecule has 6 nitrogen and oxygen atoms in total. The molecule has 148 valence electrons. The Bertz CT molecular complexity index is 757. The Morgan fingerprint density at radius 2 is 1.61 bits per heavy atom. The van der Waals surface area contributed by atoms with E-state index in [1.165, 1.54) is 15.4 Å². The molecule has 2 fully saturated rings. The number of amides is 3. The fraction of sp³-hybridized carbons (Fsp3) is 0.500. The van der Waals surface area contributed by atoms with Crippen LogP contribution in [-0.2, 0) is 20.9 Å². The quantitative estimate of drug-likeness (QED) is 0.600. The van der Waals surface area contributed by atoms with Crippen LogP contribution in [0.2, 0.25) is 0 Å². The van der Waals surface area contributed by atoms with Gasteiger partial charge in [-0.2, -0.15) is 0 Å². The predicted octanol–water partition coefficient (Wildman–Crippen LogP) is 0.253. The largest absolute Gasteiger partial charge is 0.330 e. The summed E-state index contributed by atoms with van der Waals surface area (Å²) >= 11 is 0. The molecule has 2 saturated heterocycles. The van der Waals surface area contributed by atoms with E-state index in [1.807, 2.05) is 35.3 Å². The molecule has 6 heteroatoms. The molecule has 0 aromatic heterocycles. The van der Waals surface area contributed by atoms with Crippen LogP contribution in [0.25, 0.3) is 0 Å². The van der Waals surface area contributed by atoms with Crippen LogP contribution in [0.1, 0.15) is 25.3 Å². The SMILES string of the molecule is C[C@@H](C(=O)N1CC[NH+](Cc2ccccc2)CC1)N1C(=O)[C@H]2CC=CC[C@@H]2C1=O. The lowest BCUT2D eigenvalue weighted by Crippen LogP contribution is -3.13. The standard InChI is InChI=1S/C22H27N3O3/c1-16(25-21(27)18-9-5-6-10-19(18)22(25)28)20(26)24-13-11-23(12-14-24)15-17-7-3-2-4-8-17/h2-8,16,18-19H,9-15H2,1H3/p+1/t16-,18-,19-/m0/s1. The number of nitrogens with one attached hydrogen (secondary N) is 1. The van der Waals surface area contributed by atoms with Gasteiger partial charge in [0.2, 0.25) is 17.7 Å². The van der Waals surface area contributed by atoms with E-state index in [0.29, 0.717) is 25.9 Å². The molecule has 0 bridgehead atoms. The van der Waals surface area contributed by atoms with Crippen molar-refractivity contribution >= 4 is 17.7 Å². The van der Waals surface area contributed by atoms with E-state index in [1.54, 1.807) is 6.92 Å². The maximum atomic E-state index is 13.0. The second kappa shape index (κ2) is 7.87. The summed E-state index contributed by atoms with van der Waals surface area (Å²) < 4.78 is 0. The van der Waals surface area contributed by atoms with E-state index in [4.69, 9.17) is 0 Å². The van der Waals surface area contributed by atoms with Crippen molar-refractivity contribution in [3.05, 3.63) is 48.0 Å². The van der Waals surface area contributed by atoms with Crippen molar-refractivity contribution in [1.82, 2.24) is 9.80 Å². The van der Waals surface area contributed by atoms with Gasteiger partial charge < -0.3 is 9.80 Å². The van der Waals surface area contributed by atoms with Gasteiger partial charge in [0.05, 0.1) is 38.0 Å². The van der Waals surface area contributed by atoms with Gasteiger partial charge in [-0.25, -0.2) is 0 Å². The predicted molar refractivity (Wildman–Crippen MR) is 104 cm³/mol. The Morgan fingerprint density at radius 1 is 1.04 bits per heavy atom. The molecule has 1 aromatic rings. The first kappa shape index (κ1) is 18.9. The molecule has 2 heterocycles. The molecule has 3 aliphatic rings. The molecule has 28 heavy (non-hydrogen) atoms. The maximum absolute atomic E-state index is 13.0. The van der Waals surface area contributed by atoms with Crippen molar-refractivity contribution in [2.75, 3.05) is 26.2 Å². The number of likely N-dealkylation sites (tertiary alicyclic amines) is 1. The fourth-order valence-electron chi connectivity index (χ4n) is 4.69. The maximum Gasteiger partial charge on any atom is 0.245 e. The molecule has 0 saturated carbocycles. The van der Waals surface area contributed by atoms with Crippen LogP contribution in [0.15, 0.2) is 42.5 Å². The lowest BCUT2D eigenvalue weighted by molar-refractivity contribution is -0.917. The van der Waals surface area contributed by atoms with Crippen molar-refractivity contribution < 1.29 is 19.3 Å². The Balaban J connectivity index is 1.35. The van der Waals surface area contributed by atoms with Crippen LogP contribution in [-0.4, -0.2) is 59.7 Å². The number of carbonyl (C=O) groups excluding carboxylic acids is 3. The van der Waals surface area contributed by atoms with Gasteiger partial charge in [-0.3, -0.25) is 19.3 Å². The number of benzene rings is 1. The molecular formula is C22H28N3O3+. The molecule has 3 amide bonds. The summed E-state index contributed by atoms with van der Waals surface area (Å²) in [7, 11) is 0. The number of rotatable bonds is 4. The summed E-state index contributed by atoms with van der Waals surface area (Å²) in [5.74, 6) is -1.01. The highest BCUT2D eigenvalue weighted by atomic mass is 16.2. The van der Waals surface area contributed by atoms with E-state index >= 15 is 0 Å². The Hall–Kier alpha value is -2.47. The smallest absolute Gasteiger partial charge is 0.245 e. The van der Waals surface area contributed by atoms with Gasteiger partial charge in [0.25, 0.3) is 0 Å². The number of quaternary nitrogens is 1. The summed E-state index contributed by atoms with van der Waals surface area (Å²) in [5.41, 5.74) is 1.30. The van der Waals surface area contributed by atoms with E-state index in [0.717, 1.165) is 19.6 Å². The van der Waals surface area contributed by atoms with Gasteiger partial charge in [0.15, 0.2) is 0 Å². The van der Waals surface area contributed by atoms with Crippen LogP contribution < -0.4 is 4.90 Å². The number of piperazine rings is 1. The number of fused-ring (bicyclic) bond motifs is 1. The summed E-state index contributed by atoms with van der Waals surface area (Å²) in [5, 5.41) is 0. The van der Waals surface area contributed by atoms with Crippen molar-refractivity contribution in [1.29, 1.82) is 0 Å². The van der Waals surface area contributed by atoms with Crippen LogP contribution in [0.3, 0.4) is 0 Å². The normalized spacial score (nSPS) is 26.5. The molecule has 3 atom stereocenters. The van der Waals surface area contributed by atoms with E-state index < -0.39 is 6.04 Å². The van der Waals surface area contributed by atoms with E-state index in [9.17, 15) is 14.4 Å². The number of hydrogen-bond donors (Lipinski definition) is 1. The number of nitrogens with zero attached hydrogens (tertiary/aromatic N) is 2. The zero-order chi connectivity index (χ0) is 19.7. The van der Waals surface area contributed by atoms with Crippen molar-refractivity contribution in [3.8, 4) is 0 Å². The van der Waals surface area contributed by atoms with Crippen LogP contribution >= 0.6 is 0 Å². The second-order valence-electron chi connectivity index (χ2n) is 8.12. The average molecular weight is 382 g/mol. The lowest BCUT2D eigenvalue weighted by atomic mass is 9.85. The molecule has 1 aliphatic carbocycles. The summed E-state index contributed by atoms with van der Waals surface area (Å²) in [6.07, 6.45) is 5.15. The molecule has 0 spiro atoms. The molecule has 1 aromatic carbocycles. The van der Waals surface area contributed by atoms with Gasteiger partial charge in [-0.15, -0.1) is 0 Å². The molecule has 4 rings (SSSR count). The van der Waals surface area contributed by atoms with Gasteiger partial charge >= 0.3 is 0 Å². The monoisotopic (exact) mass is 382 g/mol. The van der Waals surface area contributed by atoms with Crippen LogP contribution in [0.5, 0.6) is 0 Å². The minimum atomic E-state index is -0.707. The third kappa shape index (κ3) is 3.49. The van der Waals surface area contributed by atoms with Crippen LogP contribution in [0.4, 0.5) is 0 Å². The topological polar surface area (TPSA) is 62.1 Å². The van der Waals surface area contributed by atoms with Crippen molar-refractivity contribution in [2.24, 2.45) is 11.8 Å². The zero-order valence-corrected chi connectivity index (χ0v) is 16.3. The Labute approximate surface area is 165 Å². The summed E-state index contributed by atoms with van der Waals surface area (Å²) in [6.45, 7) is 5.74. The molecular weight excluding hydrogens is 354 g/mol. The molecule has 2 aliphatic heterocycles. The fourth-order valence-corrected chi connectivity index (χ4v) is 4.69. The Morgan fingerprint density at radius 3 is 2.18 bits per heavy atom. The highest BCUT2D eigenvalue weighted by Crippen LogP contribution is 2.36. The van der Waals surface area contributed by atoms with Gasteiger partial charge in [0.1, 0.15) is 12.6 Å². The zero-order valence-electron chi connectivity index (χ0n) is 16.3. The molecule has 1 N–H and O–H groups in total. The first-order chi connectivity index (χ1) is 13.6. The van der Waals surface area contributed by atoms with Gasteiger partial charge in [-0.1, -0.05) is 42.5 Å². The van der Waals surface area contributed by atoms with Crippen LogP contribution in [0, 0.1) is 11.8 Å². The summed E-state index contributed by atoms with van der Waals surface area (Å²) in [6, 6.07) is 9.67. The first-order valence-corrected chi connectivity index (χ1v) is 10.2. The number of allylic oxidation sites excluding steroid dienone is 2. The van der Waals surface area contributed by atoms with E-state index in [2.05, 4.69) is 12.1 Å². The minimum Gasteiger partial charge on any atom is -0.330 e. The lowest BCUT2D eigenvalue weighted by Gasteiger charge is -2.35. The van der Waals surface area contributed by atoms with Gasteiger partial charge in [-0.05, 0) is 19.8 Å². The summed E-state index contributed by atoms with van der Waals surface area (Å²) in [4.78, 5) is 43.0.